The van der Waals surface area contributed by atoms with Gasteiger partial charge in [-0.3, -0.25) is 4.79 Å². The Kier molecular flexibility index (Phi) is 5.45. The van der Waals surface area contributed by atoms with Crippen LogP contribution in [0.15, 0.2) is 60.7 Å². The number of amides is 1. The van der Waals surface area contributed by atoms with E-state index in [4.69, 9.17) is 0 Å². The molecule has 0 bridgehead atoms. The van der Waals surface area contributed by atoms with Crippen LogP contribution in [0.4, 0.5) is 4.39 Å². The number of benzene rings is 2. The van der Waals surface area contributed by atoms with E-state index in [1.54, 1.807) is 18.2 Å². The number of hydrogen-bond acceptors (Lipinski definition) is 3. The van der Waals surface area contributed by atoms with E-state index >= 15 is 0 Å². The number of piperidine rings is 1. The average Bonchev–Trinajstić information content (AvgIpc) is 3.21. The number of nitrogens with zero attached hydrogens (tertiary/aromatic N) is 3. The Morgan fingerprint density at radius 1 is 0.968 bits per heavy atom. The summed E-state index contributed by atoms with van der Waals surface area (Å²) in [6.07, 6.45) is 4.43. The summed E-state index contributed by atoms with van der Waals surface area (Å²) in [5.41, 5.74) is 2.16. The van der Waals surface area contributed by atoms with E-state index < -0.39 is 0 Å². The summed E-state index contributed by atoms with van der Waals surface area (Å²) in [6, 6.07) is 19.0. The normalized spacial score (nSPS) is 21.8. The van der Waals surface area contributed by atoms with Crippen LogP contribution in [-0.4, -0.2) is 53.4 Å². The average molecular weight is 418 g/mol. The van der Waals surface area contributed by atoms with Gasteiger partial charge in [-0.25, -0.2) is 9.37 Å². The predicted molar refractivity (Wildman–Crippen MR) is 120 cm³/mol. The number of carbonyl (C=O) groups is 1. The van der Waals surface area contributed by atoms with Crippen molar-refractivity contribution < 1.29 is 9.18 Å². The minimum atomic E-state index is -0.383. The van der Waals surface area contributed by atoms with E-state index in [1.165, 1.54) is 24.5 Å². The largest absolute Gasteiger partial charge is 0.337 e. The number of aromatic nitrogens is 1. The first-order valence-electron chi connectivity index (χ1n) is 11.2. The minimum absolute atomic E-state index is 0.0802. The lowest BCUT2D eigenvalue weighted by molar-refractivity contribution is 0.0688. The van der Waals surface area contributed by atoms with Gasteiger partial charge in [0, 0.05) is 37.0 Å². The molecule has 160 valence electrons. The Morgan fingerprint density at radius 3 is 2.71 bits per heavy atom. The van der Waals surface area contributed by atoms with Crippen molar-refractivity contribution in [3.8, 4) is 0 Å². The van der Waals surface area contributed by atoms with E-state index in [0.717, 1.165) is 51.0 Å². The maximum Gasteiger partial charge on any atom is 0.272 e. The van der Waals surface area contributed by atoms with Gasteiger partial charge in [0.05, 0.1) is 0 Å². The highest BCUT2D eigenvalue weighted by Crippen LogP contribution is 2.39. The summed E-state index contributed by atoms with van der Waals surface area (Å²) >= 11 is 0. The summed E-state index contributed by atoms with van der Waals surface area (Å²) in [5.74, 6) is -0.463. The van der Waals surface area contributed by atoms with Crippen molar-refractivity contribution in [1.82, 2.24) is 14.8 Å². The summed E-state index contributed by atoms with van der Waals surface area (Å²) in [4.78, 5) is 22.0. The molecule has 1 amide bonds. The van der Waals surface area contributed by atoms with Crippen molar-refractivity contribution in [2.24, 2.45) is 5.41 Å². The second-order valence-electron chi connectivity index (χ2n) is 9.10. The molecule has 0 radical (unpaired) electrons. The van der Waals surface area contributed by atoms with E-state index in [-0.39, 0.29) is 22.7 Å². The zero-order chi connectivity index (χ0) is 21.3. The van der Waals surface area contributed by atoms with E-state index in [9.17, 15) is 9.18 Å². The second-order valence-corrected chi connectivity index (χ2v) is 9.10. The number of rotatable bonds is 4. The third kappa shape index (κ3) is 4.19. The molecular weight excluding hydrogens is 389 g/mol. The lowest BCUT2D eigenvalue weighted by atomic mass is 9.79. The highest BCUT2D eigenvalue weighted by atomic mass is 19.1. The van der Waals surface area contributed by atoms with Crippen molar-refractivity contribution in [3.63, 3.8) is 0 Å². The molecule has 2 aromatic carbocycles. The fourth-order valence-electron chi connectivity index (χ4n) is 5.27. The van der Waals surface area contributed by atoms with Crippen LogP contribution in [0.3, 0.4) is 0 Å². The first-order chi connectivity index (χ1) is 15.1. The molecule has 2 aliphatic heterocycles. The molecule has 0 aliphatic carbocycles. The van der Waals surface area contributed by atoms with Crippen molar-refractivity contribution in [2.75, 3.05) is 32.7 Å². The molecule has 1 spiro atoms. The third-order valence-corrected chi connectivity index (χ3v) is 6.92. The number of carbonyl (C=O) groups excluding carboxylic acids is 1. The van der Waals surface area contributed by atoms with Crippen LogP contribution in [0.5, 0.6) is 0 Å². The summed E-state index contributed by atoms with van der Waals surface area (Å²) in [5, 5.41) is 0.718. The van der Waals surface area contributed by atoms with Crippen LogP contribution in [-0.2, 0) is 6.42 Å². The van der Waals surface area contributed by atoms with Gasteiger partial charge in [0.15, 0.2) is 0 Å². The standard InChI is InChI=1S/C26H28FN3O/c27-22-9-4-8-21-10-11-23(28-24(21)22)25(31)30-17-14-26(19-30)13-5-15-29(18-26)16-12-20-6-2-1-3-7-20/h1-4,6-11H,5,12-19H2. The maximum absolute atomic E-state index is 14.1. The van der Waals surface area contributed by atoms with Gasteiger partial charge in [-0.05, 0) is 49.9 Å². The van der Waals surface area contributed by atoms with Crippen LogP contribution in [0.1, 0.15) is 35.3 Å². The molecule has 1 atom stereocenters. The highest BCUT2D eigenvalue weighted by molar-refractivity contribution is 5.95. The van der Waals surface area contributed by atoms with E-state index in [2.05, 4.69) is 40.2 Å². The van der Waals surface area contributed by atoms with Crippen LogP contribution in [0.2, 0.25) is 0 Å². The van der Waals surface area contributed by atoms with Gasteiger partial charge in [-0.15, -0.1) is 0 Å². The molecule has 1 unspecified atom stereocenters. The molecule has 0 saturated carbocycles. The van der Waals surface area contributed by atoms with E-state index in [0.29, 0.717) is 5.69 Å². The SMILES string of the molecule is O=C(c1ccc2cccc(F)c2n1)N1CCC2(CCCN(CCc3ccccc3)C2)C1. The molecule has 4 nitrogen and oxygen atoms in total. The van der Waals surface area contributed by atoms with Gasteiger partial charge in [-0.1, -0.05) is 48.5 Å². The Hall–Kier alpha value is -2.79. The Labute approximate surface area is 182 Å². The predicted octanol–water partition coefficient (Wildman–Crippen LogP) is 4.54. The zero-order valence-corrected chi connectivity index (χ0v) is 17.8. The fraction of sp³-hybridized carbons (Fsp3) is 0.385. The third-order valence-electron chi connectivity index (χ3n) is 6.92. The fourth-order valence-corrected chi connectivity index (χ4v) is 5.27. The smallest absolute Gasteiger partial charge is 0.272 e. The van der Waals surface area contributed by atoms with Crippen LogP contribution in [0.25, 0.3) is 10.9 Å². The molecule has 3 aromatic rings. The van der Waals surface area contributed by atoms with Crippen molar-refractivity contribution in [2.45, 2.75) is 25.7 Å². The lowest BCUT2D eigenvalue weighted by Crippen LogP contribution is -2.46. The molecule has 2 fully saturated rings. The van der Waals surface area contributed by atoms with Gasteiger partial charge >= 0.3 is 0 Å². The van der Waals surface area contributed by atoms with Gasteiger partial charge in [0.1, 0.15) is 17.0 Å². The van der Waals surface area contributed by atoms with Gasteiger partial charge in [0.25, 0.3) is 5.91 Å². The minimum Gasteiger partial charge on any atom is -0.337 e. The Bertz CT molecular complexity index is 1090. The van der Waals surface area contributed by atoms with E-state index in [1.807, 2.05) is 11.0 Å². The molecule has 1 aromatic heterocycles. The summed E-state index contributed by atoms with van der Waals surface area (Å²) in [6.45, 7) is 4.76. The van der Waals surface area contributed by atoms with Crippen molar-refractivity contribution >= 4 is 16.8 Å². The molecule has 2 saturated heterocycles. The van der Waals surface area contributed by atoms with Gasteiger partial charge < -0.3 is 9.80 Å². The first kappa shape index (κ1) is 20.1. The number of pyridine rings is 1. The molecule has 3 heterocycles. The summed E-state index contributed by atoms with van der Waals surface area (Å²) < 4.78 is 14.1. The number of hydrogen-bond donors (Lipinski definition) is 0. The molecule has 5 heteroatoms. The second kappa shape index (κ2) is 8.39. The van der Waals surface area contributed by atoms with Crippen molar-refractivity contribution in [1.29, 1.82) is 0 Å². The number of halogens is 1. The molecule has 2 aliphatic rings. The molecule has 0 N–H and O–H groups in total. The Balaban J connectivity index is 1.25. The number of para-hydroxylation sites is 1. The zero-order valence-electron chi connectivity index (χ0n) is 17.8. The monoisotopic (exact) mass is 417 g/mol. The highest BCUT2D eigenvalue weighted by Gasteiger charge is 2.43. The number of likely N-dealkylation sites (tertiary alicyclic amines) is 2. The van der Waals surface area contributed by atoms with Crippen molar-refractivity contribution in [3.05, 3.63) is 77.7 Å². The molecular formula is C26H28FN3O. The molecule has 5 rings (SSSR count). The lowest BCUT2D eigenvalue weighted by Gasteiger charge is -2.40. The Morgan fingerprint density at radius 2 is 1.84 bits per heavy atom. The maximum atomic E-state index is 14.1. The van der Waals surface area contributed by atoms with Crippen LogP contribution < -0.4 is 0 Å². The topological polar surface area (TPSA) is 36.4 Å². The van der Waals surface area contributed by atoms with Crippen LogP contribution >= 0.6 is 0 Å². The summed E-state index contributed by atoms with van der Waals surface area (Å²) in [7, 11) is 0. The number of fused-ring (bicyclic) bond motifs is 1. The van der Waals surface area contributed by atoms with Gasteiger partial charge in [-0.2, -0.15) is 0 Å². The molecule has 31 heavy (non-hydrogen) atoms. The first-order valence-corrected chi connectivity index (χ1v) is 11.2. The van der Waals surface area contributed by atoms with Gasteiger partial charge in [0.2, 0.25) is 0 Å². The van der Waals surface area contributed by atoms with Crippen LogP contribution in [0, 0.1) is 11.2 Å². The quantitative estimate of drug-likeness (QED) is 0.625.